The first-order valence-electron chi connectivity index (χ1n) is 5.72. The molecule has 0 unspecified atom stereocenters. The molecule has 2 rings (SSSR count). The second-order valence-corrected chi connectivity index (χ2v) is 4.45. The van der Waals surface area contributed by atoms with E-state index in [1.165, 1.54) is 0 Å². The van der Waals surface area contributed by atoms with Gasteiger partial charge in [-0.25, -0.2) is 13.6 Å². The monoisotopic (exact) mass is 256 g/mol. The number of benzene rings is 1. The Kier molecular flexibility index (Phi) is 3.76. The molecule has 0 aliphatic heterocycles. The Morgan fingerprint density at radius 2 is 2.11 bits per heavy atom. The minimum Gasteiger partial charge on any atom is -0.393 e. The van der Waals surface area contributed by atoms with Crippen LogP contribution in [0.15, 0.2) is 18.2 Å². The Bertz CT molecular complexity index is 448. The summed E-state index contributed by atoms with van der Waals surface area (Å²) in [7, 11) is 0. The maximum atomic E-state index is 13.2. The number of hydrogen-bond acceptors (Lipinski definition) is 2. The van der Waals surface area contributed by atoms with E-state index in [0.717, 1.165) is 12.1 Å². The predicted octanol–water partition coefficient (Wildman–Crippen LogP) is 1.86. The molecule has 1 aliphatic rings. The molecule has 0 bridgehead atoms. The van der Waals surface area contributed by atoms with Crippen LogP contribution in [0.4, 0.5) is 19.3 Å². The highest BCUT2D eigenvalue weighted by atomic mass is 19.1. The van der Waals surface area contributed by atoms with Crippen molar-refractivity contribution in [2.45, 2.75) is 18.9 Å². The highest BCUT2D eigenvalue weighted by Crippen LogP contribution is 2.26. The first-order valence-corrected chi connectivity index (χ1v) is 5.72. The fraction of sp³-hybridized carbons (Fsp3) is 0.417. The number of aliphatic hydroxyl groups is 1. The zero-order valence-electron chi connectivity index (χ0n) is 9.62. The van der Waals surface area contributed by atoms with Crippen molar-refractivity contribution < 1.29 is 18.7 Å². The molecule has 1 saturated carbocycles. The van der Waals surface area contributed by atoms with Crippen LogP contribution in [0.3, 0.4) is 0 Å². The third kappa shape index (κ3) is 3.16. The van der Waals surface area contributed by atoms with E-state index in [4.69, 9.17) is 5.11 Å². The first kappa shape index (κ1) is 12.8. The van der Waals surface area contributed by atoms with Gasteiger partial charge in [-0.1, -0.05) is 0 Å². The van der Waals surface area contributed by atoms with Gasteiger partial charge in [0.15, 0.2) is 0 Å². The normalized spacial score (nSPS) is 22.2. The van der Waals surface area contributed by atoms with Gasteiger partial charge >= 0.3 is 6.03 Å². The van der Waals surface area contributed by atoms with Crippen LogP contribution in [0.5, 0.6) is 0 Å². The summed E-state index contributed by atoms with van der Waals surface area (Å²) < 4.78 is 25.9. The van der Waals surface area contributed by atoms with Gasteiger partial charge in [-0.05, 0) is 30.9 Å². The van der Waals surface area contributed by atoms with E-state index in [2.05, 4.69) is 10.6 Å². The second kappa shape index (κ2) is 5.30. The van der Waals surface area contributed by atoms with Gasteiger partial charge in [-0.3, -0.25) is 0 Å². The summed E-state index contributed by atoms with van der Waals surface area (Å²) in [4.78, 5) is 11.4. The molecule has 18 heavy (non-hydrogen) atoms. The number of hydrogen-bond donors (Lipinski definition) is 3. The highest BCUT2D eigenvalue weighted by molar-refractivity contribution is 5.89. The minimum absolute atomic E-state index is 0.0671. The number of urea groups is 1. The lowest BCUT2D eigenvalue weighted by Gasteiger charge is -2.31. The van der Waals surface area contributed by atoms with Crippen molar-refractivity contribution in [3.63, 3.8) is 0 Å². The van der Waals surface area contributed by atoms with Crippen LogP contribution in [0.1, 0.15) is 12.8 Å². The van der Waals surface area contributed by atoms with Gasteiger partial charge in [0.2, 0.25) is 0 Å². The van der Waals surface area contributed by atoms with E-state index >= 15 is 0 Å². The molecule has 2 amide bonds. The Morgan fingerprint density at radius 1 is 1.39 bits per heavy atom. The summed E-state index contributed by atoms with van der Waals surface area (Å²) in [5, 5.41) is 13.9. The number of carbonyl (C=O) groups excluding carboxylic acids is 1. The zero-order chi connectivity index (χ0) is 13.1. The molecule has 0 spiro atoms. The molecule has 1 fully saturated rings. The third-order valence-corrected chi connectivity index (χ3v) is 2.94. The molecule has 98 valence electrons. The molecule has 0 radical (unpaired) electrons. The summed E-state index contributed by atoms with van der Waals surface area (Å²) in [6, 6.07) is 2.40. The quantitative estimate of drug-likeness (QED) is 0.773. The minimum atomic E-state index is -0.816. The van der Waals surface area contributed by atoms with Crippen LogP contribution >= 0.6 is 0 Å². The molecule has 3 N–H and O–H groups in total. The van der Waals surface area contributed by atoms with E-state index < -0.39 is 17.7 Å². The predicted molar refractivity (Wildman–Crippen MR) is 62.1 cm³/mol. The lowest BCUT2D eigenvalue weighted by molar-refractivity contribution is 0.0443. The van der Waals surface area contributed by atoms with Crippen LogP contribution < -0.4 is 10.6 Å². The van der Waals surface area contributed by atoms with E-state index in [1.54, 1.807) is 0 Å². The van der Waals surface area contributed by atoms with Crippen molar-refractivity contribution >= 4 is 11.7 Å². The maximum Gasteiger partial charge on any atom is 0.319 e. The number of carbonyl (C=O) groups is 1. The first-order chi connectivity index (χ1) is 8.54. The van der Waals surface area contributed by atoms with Gasteiger partial charge in [-0.2, -0.15) is 0 Å². The van der Waals surface area contributed by atoms with Gasteiger partial charge in [-0.15, -0.1) is 0 Å². The van der Waals surface area contributed by atoms with Crippen LogP contribution in [0.25, 0.3) is 0 Å². The third-order valence-electron chi connectivity index (χ3n) is 2.94. The molecular formula is C12H14F2N2O2. The summed E-state index contributed by atoms with van der Waals surface area (Å²) >= 11 is 0. The standard InChI is InChI=1S/C12H14F2N2O2/c13-8-1-2-11(10(14)5-8)16-12(18)15-6-7-3-9(17)4-7/h1-2,5,7,9,17H,3-4,6H2,(H2,15,16,18). The average molecular weight is 256 g/mol. The summed E-state index contributed by atoms with van der Waals surface area (Å²) in [6.45, 7) is 0.436. The van der Waals surface area contributed by atoms with Crippen molar-refractivity contribution in [1.82, 2.24) is 5.32 Å². The SMILES string of the molecule is O=C(NCC1CC(O)C1)Nc1ccc(F)cc1F. The maximum absolute atomic E-state index is 13.2. The second-order valence-electron chi connectivity index (χ2n) is 4.45. The number of rotatable bonds is 3. The van der Waals surface area contributed by atoms with E-state index in [1.807, 2.05) is 0 Å². The largest absolute Gasteiger partial charge is 0.393 e. The fourth-order valence-corrected chi connectivity index (χ4v) is 1.86. The Morgan fingerprint density at radius 3 is 2.72 bits per heavy atom. The number of amides is 2. The molecule has 0 aromatic heterocycles. The molecule has 1 aromatic rings. The molecule has 0 heterocycles. The average Bonchev–Trinajstić information content (AvgIpc) is 2.27. The molecule has 0 atom stereocenters. The van der Waals surface area contributed by atoms with Crippen LogP contribution in [-0.2, 0) is 0 Å². The topological polar surface area (TPSA) is 61.4 Å². The van der Waals surface area contributed by atoms with Crippen molar-refractivity contribution in [3.8, 4) is 0 Å². The van der Waals surface area contributed by atoms with Crippen LogP contribution in [-0.4, -0.2) is 23.8 Å². The van der Waals surface area contributed by atoms with Gasteiger partial charge in [0.05, 0.1) is 11.8 Å². The Labute approximate surface area is 103 Å². The molecule has 6 heteroatoms. The summed E-state index contributed by atoms with van der Waals surface area (Å²) in [5.41, 5.74) is -0.0671. The van der Waals surface area contributed by atoms with Gasteiger partial charge in [0, 0.05) is 12.6 Å². The van der Waals surface area contributed by atoms with E-state index in [0.29, 0.717) is 25.5 Å². The number of halogens is 2. The zero-order valence-corrected chi connectivity index (χ0v) is 9.62. The van der Waals surface area contributed by atoms with Crippen molar-refractivity contribution in [1.29, 1.82) is 0 Å². The molecule has 0 saturated heterocycles. The van der Waals surface area contributed by atoms with Gasteiger partial charge in [0.1, 0.15) is 11.6 Å². The van der Waals surface area contributed by atoms with Crippen molar-refractivity contribution in [2.75, 3.05) is 11.9 Å². The summed E-state index contributed by atoms with van der Waals surface area (Å²) in [5.74, 6) is -1.24. The lowest BCUT2D eigenvalue weighted by Crippen LogP contribution is -2.40. The Balaban J connectivity index is 1.80. The van der Waals surface area contributed by atoms with Crippen molar-refractivity contribution in [2.24, 2.45) is 5.92 Å². The summed E-state index contributed by atoms with van der Waals surface area (Å²) in [6.07, 6.45) is 1.07. The van der Waals surface area contributed by atoms with E-state index in [-0.39, 0.29) is 17.7 Å². The fourth-order valence-electron chi connectivity index (χ4n) is 1.86. The lowest BCUT2D eigenvalue weighted by atomic mass is 9.82. The van der Waals surface area contributed by atoms with Crippen LogP contribution in [0, 0.1) is 17.6 Å². The number of nitrogens with one attached hydrogen (secondary N) is 2. The molecule has 1 aromatic carbocycles. The van der Waals surface area contributed by atoms with Gasteiger partial charge < -0.3 is 15.7 Å². The van der Waals surface area contributed by atoms with Crippen molar-refractivity contribution in [3.05, 3.63) is 29.8 Å². The van der Waals surface area contributed by atoms with E-state index in [9.17, 15) is 13.6 Å². The highest BCUT2D eigenvalue weighted by Gasteiger charge is 2.27. The van der Waals surface area contributed by atoms with Gasteiger partial charge in [0.25, 0.3) is 0 Å². The molecule has 1 aliphatic carbocycles. The number of aliphatic hydroxyl groups excluding tert-OH is 1. The number of anilines is 1. The smallest absolute Gasteiger partial charge is 0.319 e. The molecule has 4 nitrogen and oxygen atoms in total. The van der Waals surface area contributed by atoms with Crippen LogP contribution in [0.2, 0.25) is 0 Å². The Hall–Kier alpha value is -1.69. The molecular weight excluding hydrogens is 242 g/mol.